The van der Waals surface area contributed by atoms with Crippen LogP contribution in [-0.2, 0) is 0 Å². The Labute approximate surface area is 59.8 Å². The van der Waals surface area contributed by atoms with E-state index >= 15 is 0 Å². The van der Waals surface area contributed by atoms with E-state index in [-0.39, 0.29) is 0 Å². The smallest absolute Gasteiger partial charge is 0.143 e. The summed E-state index contributed by atoms with van der Waals surface area (Å²) in [6.07, 6.45) is 0. The minimum Gasteiger partial charge on any atom is -0.490 e. The summed E-state index contributed by atoms with van der Waals surface area (Å²) in [5.41, 5.74) is 0.980. The van der Waals surface area contributed by atoms with Crippen molar-refractivity contribution in [2.75, 3.05) is 18.5 Å². The van der Waals surface area contributed by atoms with E-state index in [0.717, 1.165) is 24.6 Å². The second-order valence-electron chi connectivity index (χ2n) is 2.18. The first-order valence-corrected chi connectivity index (χ1v) is 3.34. The third-order valence-electron chi connectivity index (χ3n) is 1.48. The minimum atomic E-state index is 0.755. The Balaban J connectivity index is 2.41. The molecule has 0 spiro atoms. The lowest BCUT2D eigenvalue weighted by Gasteiger charge is -2.17. The summed E-state index contributed by atoms with van der Waals surface area (Å²) >= 11 is 0. The second kappa shape index (κ2) is 2.21. The van der Waals surface area contributed by atoms with Crippen LogP contribution in [0.5, 0.6) is 5.75 Å². The highest BCUT2D eigenvalue weighted by atomic mass is 16.5. The van der Waals surface area contributed by atoms with Gasteiger partial charge in [-0.2, -0.15) is 0 Å². The summed E-state index contributed by atoms with van der Waals surface area (Å²) in [6.45, 7) is 1.64. The third kappa shape index (κ3) is 0.817. The number of benzene rings is 1. The molecule has 10 heavy (non-hydrogen) atoms. The topological polar surface area (TPSA) is 21.3 Å². The Hall–Kier alpha value is -1.18. The minimum absolute atomic E-state index is 0.755. The fourth-order valence-electron chi connectivity index (χ4n) is 1.02. The normalized spacial score (nSPS) is 14.8. The van der Waals surface area contributed by atoms with E-state index in [4.69, 9.17) is 4.74 Å². The molecule has 1 aromatic carbocycles. The van der Waals surface area contributed by atoms with E-state index in [0.29, 0.717) is 0 Å². The summed E-state index contributed by atoms with van der Waals surface area (Å²) in [6, 6.07) is 8.79. The van der Waals surface area contributed by atoms with E-state index in [1.54, 1.807) is 0 Å². The van der Waals surface area contributed by atoms with Gasteiger partial charge in [-0.25, -0.2) is 0 Å². The fraction of sp³-hybridized carbons (Fsp3) is 0.250. The Kier molecular flexibility index (Phi) is 1.24. The Bertz CT molecular complexity index is 209. The van der Waals surface area contributed by atoms with Crippen LogP contribution >= 0.6 is 0 Å². The van der Waals surface area contributed by atoms with Gasteiger partial charge in [0.2, 0.25) is 0 Å². The molecule has 0 amide bonds. The van der Waals surface area contributed by atoms with Gasteiger partial charge in [-0.05, 0) is 6.07 Å². The van der Waals surface area contributed by atoms with Gasteiger partial charge in [0, 0.05) is 12.6 Å². The zero-order valence-electron chi connectivity index (χ0n) is 5.55. The summed E-state index contributed by atoms with van der Waals surface area (Å²) in [5.74, 6) is 0.911. The van der Waals surface area contributed by atoms with Crippen molar-refractivity contribution in [3.05, 3.63) is 24.3 Å². The molecule has 1 radical (unpaired) electrons. The second-order valence-corrected chi connectivity index (χ2v) is 2.18. The molecule has 1 aliphatic heterocycles. The Morgan fingerprint density at radius 3 is 3.50 bits per heavy atom. The van der Waals surface area contributed by atoms with Crippen LogP contribution in [0.3, 0.4) is 0 Å². The molecule has 2 nitrogen and oxygen atoms in total. The average molecular weight is 134 g/mol. The fourth-order valence-corrected chi connectivity index (χ4v) is 1.02. The number of fused-ring (bicyclic) bond motifs is 1. The first-order chi connectivity index (χ1) is 4.97. The van der Waals surface area contributed by atoms with Crippen molar-refractivity contribution in [3.63, 3.8) is 0 Å². The highest BCUT2D eigenvalue weighted by Crippen LogP contribution is 2.24. The number of nitrogens with one attached hydrogen (secondary N) is 1. The zero-order valence-corrected chi connectivity index (χ0v) is 5.55. The number of para-hydroxylation sites is 1. The lowest BCUT2D eigenvalue weighted by molar-refractivity contribution is 0.323. The van der Waals surface area contributed by atoms with Crippen LogP contribution in [-0.4, -0.2) is 13.2 Å². The molecule has 0 bridgehead atoms. The van der Waals surface area contributed by atoms with E-state index in [1.807, 2.05) is 18.2 Å². The van der Waals surface area contributed by atoms with E-state index < -0.39 is 0 Å². The number of ether oxygens (including phenoxy) is 1. The number of hydrogen-bond acceptors (Lipinski definition) is 2. The van der Waals surface area contributed by atoms with Crippen molar-refractivity contribution >= 4 is 5.69 Å². The summed E-state index contributed by atoms with van der Waals surface area (Å²) in [7, 11) is 0. The molecular weight excluding hydrogens is 126 g/mol. The molecule has 1 aromatic rings. The van der Waals surface area contributed by atoms with Gasteiger partial charge in [-0.1, -0.05) is 12.1 Å². The number of rotatable bonds is 0. The lowest BCUT2D eigenvalue weighted by atomic mass is 10.3. The third-order valence-corrected chi connectivity index (χ3v) is 1.48. The van der Waals surface area contributed by atoms with E-state index in [1.165, 1.54) is 0 Å². The molecule has 2 heteroatoms. The molecule has 1 N–H and O–H groups in total. The number of anilines is 1. The van der Waals surface area contributed by atoms with Crippen molar-refractivity contribution in [1.29, 1.82) is 0 Å². The largest absolute Gasteiger partial charge is 0.490 e. The molecule has 1 heterocycles. The standard InChI is InChI=1S/C8H8NO/c1-2-4-8-7(3-1)9-5-6-10-8/h1-2,4,9H,5-6H2. The van der Waals surface area contributed by atoms with E-state index in [9.17, 15) is 0 Å². The maximum atomic E-state index is 5.33. The highest BCUT2D eigenvalue weighted by Gasteiger charge is 2.06. The highest BCUT2D eigenvalue weighted by molar-refractivity contribution is 5.56. The predicted octanol–water partition coefficient (Wildman–Crippen LogP) is 1.29. The lowest BCUT2D eigenvalue weighted by Crippen LogP contribution is -2.17. The zero-order chi connectivity index (χ0) is 6.81. The number of hydrogen-bond donors (Lipinski definition) is 1. The summed E-state index contributed by atoms with van der Waals surface area (Å²) in [4.78, 5) is 0. The maximum Gasteiger partial charge on any atom is 0.143 e. The molecule has 0 fully saturated rings. The molecule has 0 atom stereocenters. The Morgan fingerprint density at radius 1 is 1.60 bits per heavy atom. The van der Waals surface area contributed by atoms with Crippen LogP contribution in [0.25, 0.3) is 0 Å². The van der Waals surface area contributed by atoms with Crippen molar-refractivity contribution < 1.29 is 4.74 Å². The first-order valence-electron chi connectivity index (χ1n) is 3.34. The molecule has 51 valence electrons. The van der Waals surface area contributed by atoms with Crippen LogP contribution in [0.15, 0.2) is 18.2 Å². The van der Waals surface area contributed by atoms with Crippen molar-refractivity contribution in [1.82, 2.24) is 0 Å². The molecule has 0 unspecified atom stereocenters. The van der Waals surface area contributed by atoms with Gasteiger partial charge in [-0.15, -0.1) is 0 Å². The molecule has 0 aromatic heterocycles. The van der Waals surface area contributed by atoms with Gasteiger partial charge < -0.3 is 10.1 Å². The molecule has 0 saturated carbocycles. The molecule has 0 saturated heterocycles. The van der Waals surface area contributed by atoms with Gasteiger partial charge in [0.1, 0.15) is 12.4 Å². The van der Waals surface area contributed by atoms with Crippen LogP contribution in [0.1, 0.15) is 0 Å². The van der Waals surface area contributed by atoms with Crippen molar-refractivity contribution in [3.8, 4) is 5.75 Å². The molecule has 2 rings (SSSR count). The van der Waals surface area contributed by atoms with E-state index in [2.05, 4.69) is 11.4 Å². The SMILES string of the molecule is [c]1cccc2c1NCCO2. The van der Waals surface area contributed by atoms with Crippen molar-refractivity contribution in [2.24, 2.45) is 0 Å². The summed E-state index contributed by atoms with van der Waals surface area (Å²) < 4.78 is 5.33. The van der Waals surface area contributed by atoms with Crippen LogP contribution in [0.4, 0.5) is 5.69 Å². The quantitative estimate of drug-likeness (QED) is 0.577. The van der Waals surface area contributed by atoms with Gasteiger partial charge >= 0.3 is 0 Å². The maximum absolute atomic E-state index is 5.33. The summed E-state index contributed by atoms with van der Waals surface area (Å²) in [5, 5.41) is 3.18. The molecule has 0 aliphatic carbocycles. The van der Waals surface area contributed by atoms with Gasteiger partial charge in [0.05, 0.1) is 5.69 Å². The van der Waals surface area contributed by atoms with Crippen LogP contribution in [0.2, 0.25) is 0 Å². The predicted molar refractivity (Wildman–Crippen MR) is 39.3 cm³/mol. The van der Waals surface area contributed by atoms with Gasteiger partial charge in [0.25, 0.3) is 0 Å². The van der Waals surface area contributed by atoms with Crippen LogP contribution < -0.4 is 10.1 Å². The molecular formula is C8H8NO. The average Bonchev–Trinajstić information content (AvgIpc) is 2.05. The van der Waals surface area contributed by atoms with Crippen LogP contribution in [0, 0.1) is 6.07 Å². The Morgan fingerprint density at radius 2 is 2.60 bits per heavy atom. The molecule has 1 aliphatic rings. The monoisotopic (exact) mass is 134 g/mol. The van der Waals surface area contributed by atoms with Gasteiger partial charge in [0.15, 0.2) is 0 Å². The first kappa shape index (κ1) is 5.59. The van der Waals surface area contributed by atoms with Crippen molar-refractivity contribution in [2.45, 2.75) is 0 Å². The van der Waals surface area contributed by atoms with Gasteiger partial charge in [-0.3, -0.25) is 0 Å².